The van der Waals surface area contributed by atoms with E-state index in [0.717, 1.165) is 26.1 Å². The molecule has 0 fully saturated rings. The Balaban J connectivity index is 2.14. The third-order valence-electron chi connectivity index (χ3n) is 3.75. The zero-order valence-corrected chi connectivity index (χ0v) is 13.1. The molecule has 2 aromatic carbocycles. The van der Waals surface area contributed by atoms with E-state index in [1.807, 2.05) is 67.9 Å². The summed E-state index contributed by atoms with van der Waals surface area (Å²) in [5.41, 5.74) is 3.87. The number of fused-ring (bicyclic) bond motifs is 1. The standard InChI is InChI=1S/C17H16N2OS/c1-11-7-6-8-13(12(11)2)16(20)18-17-19(3)14-9-4-5-10-15(14)21-17/h4-10H,1-3H3. The minimum atomic E-state index is -0.182. The Morgan fingerprint density at radius 2 is 1.86 bits per heavy atom. The lowest BCUT2D eigenvalue weighted by molar-refractivity contribution is 0.0997. The number of hydrogen-bond acceptors (Lipinski definition) is 2. The van der Waals surface area contributed by atoms with Gasteiger partial charge in [-0.1, -0.05) is 35.6 Å². The number of nitrogens with zero attached hydrogens (tertiary/aromatic N) is 2. The van der Waals surface area contributed by atoms with Crippen molar-refractivity contribution in [1.82, 2.24) is 4.57 Å². The first kappa shape index (κ1) is 13.8. The highest BCUT2D eigenvalue weighted by molar-refractivity contribution is 7.16. The van der Waals surface area contributed by atoms with Crippen LogP contribution in [0, 0.1) is 13.8 Å². The molecule has 1 heterocycles. The molecular weight excluding hydrogens is 280 g/mol. The highest BCUT2D eigenvalue weighted by atomic mass is 32.1. The van der Waals surface area contributed by atoms with Crippen LogP contribution >= 0.6 is 11.3 Å². The largest absolute Gasteiger partial charge is 0.319 e. The van der Waals surface area contributed by atoms with Gasteiger partial charge in [-0.3, -0.25) is 4.79 Å². The Labute approximate surface area is 127 Å². The van der Waals surface area contributed by atoms with E-state index in [0.29, 0.717) is 5.56 Å². The first-order valence-corrected chi connectivity index (χ1v) is 7.59. The number of carbonyl (C=O) groups is 1. The predicted octanol–water partition coefficient (Wildman–Crippen LogP) is 3.60. The maximum absolute atomic E-state index is 12.4. The first-order chi connectivity index (χ1) is 10.1. The highest BCUT2D eigenvalue weighted by Gasteiger charge is 2.10. The van der Waals surface area contributed by atoms with Crippen LogP contribution in [0.5, 0.6) is 0 Å². The molecule has 0 aliphatic carbocycles. The maximum Gasteiger partial charge on any atom is 0.279 e. The number of carbonyl (C=O) groups excluding carboxylic acids is 1. The monoisotopic (exact) mass is 296 g/mol. The summed E-state index contributed by atoms with van der Waals surface area (Å²) in [6.45, 7) is 3.97. The summed E-state index contributed by atoms with van der Waals surface area (Å²) < 4.78 is 3.09. The van der Waals surface area contributed by atoms with E-state index < -0.39 is 0 Å². The molecule has 0 radical (unpaired) electrons. The highest BCUT2D eigenvalue weighted by Crippen LogP contribution is 2.16. The van der Waals surface area contributed by atoms with E-state index in [2.05, 4.69) is 4.99 Å². The molecular formula is C17H16N2OS. The van der Waals surface area contributed by atoms with Crippen LogP contribution in [0.3, 0.4) is 0 Å². The Bertz CT molecular complexity index is 903. The van der Waals surface area contributed by atoms with E-state index >= 15 is 0 Å². The number of rotatable bonds is 1. The van der Waals surface area contributed by atoms with E-state index in [4.69, 9.17) is 0 Å². The molecule has 0 saturated carbocycles. The Kier molecular flexibility index (Phi) is 3.47. The summed E-state index contributed by atoms with van der Waals surface area (Å²) in [6, 6.07) is 13.8. The zero-order chi connectivity index (χ0) is 15.0. The van der Waals surface area contributed by atoms with Crippen molar-refractivity contribution in [3.63, 3.8) is 0 Å². The molecule has 3 nitrogen and oxygen atoms in total. The van der Waals surface area contributed by atoms with Gasteiger partial charge in [0.2, 0.25) is 0 Å². The van der Waals surface area contributed by atoms with Gasteiger partial charge in [0.05, 0.1) is 10.2 Å². The topological polar surface area (TPSA) is 34.4 Å². The molecule has 0 atom stereocenters. The van der Waals surface area contributed by atoms with Gasteiger partial charge in [0.25, 0.3) is 5.91 Å². The summed E-state index contributed by atoms with van der Waals surface area (Å²) in [5.74, 6) is -0.182. The van der Waals surface area contributed by atoms with Crippen LogP contribution in [0.15, 0.2) is 47.5 Å². The number of hydrogen-bond donors (Lipinski definition) is 0. The number of aromatic nitrogens is 1. The van der Waals surface area contributed by atoms with Crippen LogP contribution in [-0.2, 0) is 7.05 Å². The van der Waals surface area contributed by atoms with Crippen LogP contribution < -0.4 is 4.80 Å². The average Bonchev–Trinajstić information content (AvgIpc) is 2.79. The van der Waals surface area contributed by atoms with Gasteiger partial charge in [-0.15, -0.1) is 0 Å². The van der Waals surface area contributed by atoms with Gasteiger partial charge in [-0.2, -0.15) is 4.99 Å². The van der Waals surface area contributed by atoms with Gasteiger partial charge in [0.15, 0.2) is 4.80 Å². The van der Waals surface area contributed by atoms with Crippen molar-refractivity contribution >= 4 is 27.5 Å². The maximum atomic E-state index is 12.4. The van der Waals surface area contributed by atoms with Crippen molar-refractivity contribution in [3.05, 3.63) is 64.0 Å². The van der Waals surface area contributed by atoms with Crippen LogP contribution in [0.1, 0.15) is 21.5 Å². The Morgan fingerprint density at radius 3 is 2.62 bits per heavy atom. The van der Waals surface area contributed by atoms with E-state index in [-0.39, 0.29) is 5.91 Å². The third kappa shape index (κ3) is 2.43. The minimum Gasteiger partial charge on any atom is -0.319 e. The molecule has 0 unspecified atom stereocenters. The molecule has 4 heteroatoms. The van der Waals surface area contributed by atoms with E-state index in [1.54, 1.807) is 0 Å². The van der Waals surface area contributed by atoms with Crippen molar-refractivity contribution in [3.8, 4) is 0 Å². The Hall–Kier alpha value is -2.20. The lowest BCUT2D eigenvalue weighted by atomic mass is 10.0. The fourth-order valence-electron chi connectivity index (χ4n) is 2.32. The molecule has 0 aliphatic heterocycles. The number of amides is 1. The van der Waals surface area contributed by atoms with Crippen molar-refractivity contribution in [2.24, 2.45) is 12.0 Å². The van der Waals surface area contributed by atoms with Crippen LogP contribution in [0.4, 0.5) is 0 Å². The molecule has 3 aromatic rings. The molecule has 1 aromatic heterocycles. The van der Waals surface area contributed by atoms with Gasteiger partial charge >= 0.3 is 0 Å². The van der Waals surface area contributed by atoms with Gasteiger partial charge in [-0.25, -0.2) is 0 Å². The molecule has 106 valence electrons. The molecule has 0 bridgehead atoms. The predicted molar refractivity (Wildman–Crippen MR) is 86.6 cm³/mol. The van der Waals surface area contributed by atoms with E-state index in [9.17, 15) is 4.79 Å². The second kappa shape index (κ2) is 5.30. The Morgan fingerprint density at radius 1 is 1.10 bits per heavy atom. The second-order valence-corrected chi connectivity index (χ2v) is 6.08. The number of thiazole rings is 1. The summed E-state index contributed by atoms with van der Waals surface area (Å²) >= 11 is 1.53. The van der Waals surface area contributed by atoms with Crippen molar-refractivity contribution < 1.29 is 4.79 Å². The molecule has 3 rings (SSSR count). The molecule has 0 aliphatic rings. The fourth-order valence-corrected chi connectivity index (χ4v) is 3.33. The molecule has 21 heavy (non-hydrogen) atoms. The lowest BCUT2D eigenvalue weighted by Gasteiger charge is -2.04. The minimum absolute atomic E-state index is 0.182. The van der Waals surface area contributed by atoms with Crippen molar-refractivity contribution in [2.45, 2.75) is 13.8 Å². The van der Waals surface area contributed by atoms with E-state index in [1.165, 1.54) is 11.3 Å². The van der Waals surface area contributed by atoms with Crippen LogP contribution in [0.2, 0.25) is 0 Å². The number of benzene rings is 2. The summed E-state index contributed by atoms with van der Waals surface area (Å²) in [4.78, 5) is 17.5. The average molecular weight is 296 g/mol. The molecule has 0 N–H and O–H groups in total. The lowest BCUT2D eigenvalue weighted by Crippen LogP contribution is -2.13. The van der Waals surface area contributed by atoms with Gasteiger partial charge in [0, 0.05) is 12.6 Å². The zero-order valence-electron chi connectivity index (χ0n) is 12.3. The normalized spacial score (nSPS) is 12.0. The first-order valence-electron chi connectivity index (χ1n) is 6.78. The summed E-state index contributed by atoms with van der Waals surface area (Å²) in [6.07, 6.45) is 0. The molecule has 0 spiro atoms. The molecule has 0 saturated heterocycles. The van der Waals surface area contributed by atoms with Crippen LogP contribution in [-0.4, -0.2) is 10.5 Å². The molecule has 1 amide bonds. The SMILES string of the molecule is Cc1cccc(C(=O)N=c2sc3ccccc3n2C)c1C. The number of aryl methyl sites for hydroxylation is 2. The summed E-state index contributed by atoms with van der Waals surface area (Å²) in [7, 11) is 1.94. The summed E-state index contributed by atoms with van der Waals surface area (Å²) in [5, 5.41) is 0. The van der Waals surface area contributed by atoms with Crippen molar-refractivity contribution in [1.29, 1.82) is 0 Å². The van der Waals surface area contributed by atoms with Gasteiger partial charge in [-0.05, 0) is 43.2 Å². The quantitative estimate of drug-likeness (QED) is 0.675. The fraction of sp³-hybridized carbons (Fsp3) is 0.176. The number of para-hydroxylation sites is 1. The van der Waals surface area contributed by atoms with Gasteiger partial charge in [0.1, 0.15) is 0 Å². The van der Waals surface area contributed by atoms with Gasteiger partial charge < -0.3 is 4.57 Å². The second-order valence-electron chi connectivity index (χ2n) is 5.08. The van der Waals surface area contributed by atoms with Crippen molar-refractivity contribution in [2.75, 3.05) is 0 Å². The van der Waals surface area contributed by atoms with Crippen LogP contribution in [0.25, 0.3) is 10.2 Å². The third-order valence-corrected chi connectivity index (χ3v) is 4.86. The smallest absolute Gasteiger partial charge is 0.279 e.